The fraction of sp³-hybridized carbons (Fsp3) is 0.429. The molecular weight excluding hydrogens is 360 g/mol. The minimum absolute atomic E-state index is 0.0735. The number of piperidine rings is 1. The summed E-state index contributed by atoms with van der Waals surface area (Å²) >= 11 is 0. The molecule has 27 heavy (non-hydrogen) atoms. The zero-order valence-electron chi connectivity index (χ0n) is 15.5. The Balaban J connectivity index is 1.60. The number of benzene rings is 2. The molecule has 2 N–H and O–H groups in total. The molecule has 0 aromatic heterocycles. The lowest BCUT2D eigenvalue weighted by molar-refractivity contribution is 0.0593. The zero-order chi connectivity index (χ0) is 19.0. The Labute approximate surface area is 161 Å². The molecule has 3 atom stereocenters. The maximum Gasteiger partial charge on any atom is 0.175 e. The van der Waals surface area contributed by atoms with Gasteiger partial charge in [0.2, 0.25) is 0 Å². The number of likely N-dealkylation sites (tertiary alicyclic amines) is 1. The number of sulfone groups is 1. The first-order chi connectivity index (χ1) is 12.9. The lowest BCUT2D eigenvalue weighted by Crippen LogP contribution is -2.49. The van der Waals surface area contributed by atoms with E-state index in [2.05, 4.69) is 23.1 Å². The van der Waals surface area contributed by atoms with Crippen molar-refractivity contribution in [2.75, 3.05) is 19.3 Å². The van der Waals surface area contributed by atoms with E-state index >= 15 is 0 Å². The highest BCUT2D eigenvalue weighted by molar-refractivity contribution is 7.90. The third-order valence-electron chi connectivity index (χ3n) is 5.61. The van der Waals surface area contributed by atoms with Crippen LogP contribution in [0.4, 0.5) is 0 Å². The van der Waals surface area contributed by atoms with E-state index in [1.165, 1.54) is 17.4 Å². The van der Waals surface area contributed by atoms with Gasteiger partial charge in [-0.15, -0.1) is 0 Å². The Hall–Kier alpha value is -1.89. The van der Waals surface area contributed by atoms with Crippen molar-refractivity contribution in [3.63, 3.8) is 0 Å². The summed E-state index contributed by atoms with van der Waals surface area (Å²) in [4.78, 5) is 2.77. The largest absolute Gasteiger partial charge is 0.484 e. The molecule has 0 radical (unpaired) electrons. The molecule has 1 aliphatic carbocycles. The van der Waals surface area contributed by atoms with Gasteiger partial charge in [0, 0.05) is 18.8 Å². The summed E-state index contributed by atoms with van der Waals surface area (Å²) in [6.07, 6.45) is 4.29. The maximum atomic E-state index is 11.7. The summed E-state index contributed by atoms with van der Waals surface area (Å²) in [7, 11) is -3.21. The van der Waals surface area contributed by atoms with Gasteiger partial charge < -0.3 is 10.5 Å². The molecular formula is C21H26N2O3S. The Bertz CT molecular complexity index is 911. The van der Waals surface area contributed by atoms with E-state index in [-0.39, 0.29) is 18.2 Å². The van der Waals surface area contributed by atoms with Gasteiger partial charge in [0.15, 0.2) is 9.84 Å². The van der Waals surface area contributed by atoms with Crippen molar-refractivity contribution < 1.29 is 13.2 Å². The Morgan fingerprint density at radius 2 is 1.85 bits per heavy atom. The molecule has 0 amide bonds. The van der Waals surface area contributed by atoms with Crippen molar-refractivity contribution in [3.05, 3.63) is 59.7 Å². The molecule has 6 heteroatoms. The van der Waals surface area contributed by atoms with Crippen molar-refractivity contribution in [1.82, 2.24) is 4.90 Å². The Morgan fingerprint density at radius 3 is 2.56 bits per heavy atom. The number of fused-ring (bicyclic) bond motifs is 1. The van der Waals surface area contributed by atoms with Crippen molar-refractivity contribution in [2.24, 2.45) is 5.73 Å². The first-order valence-electron chi connectivity index (χ1n) is 9.46. The summed E-state index contributed by atoms with van der Waals surface area (Å²) in [5, 5.41) is 0. The maximum absolute atomic E-state index is 11.7. The van der Waals surface area contributed by atoms with Gasteiger partial charge in [0.1, 0.15) is 11.9 Å². The van der Waals surface area contributed by atoms with Gasteiger partial charge >= 0.3 is 0 Å². The summed E-state index contributed by atoms with van der Waals surface area (Å²) in [5.74, 6) is 0.690. The fourth-order valence-electron chi connectivity index (χ4n) is 4.25. The minimum atomic E-state index is -3.21. The number of hydrogen-bond donors (Lipinski definition) is 1. The van der Waals surface area contributed by atoms with Crippen LogP contribution in [0.3, 0.4) is 0 Å². The van der Waals surface area contributed by atoms with E-state index < -0.39 is 9.84 Å². The van der Waals surface area contributed by atoms with Crippen LogP contribution in [0.15, 0.2) is 53.4 Å². The van der Waals surface area contributed by atoms with Gasteiger partial charge in [-0.2, -0.15) is 0 Å². The van der Waals surface area contributed by atoms with Gasteiger partial charge in [-0.1, -0.05) is 24.3 Å². The third-order valence-corrected chi connectivity index (χ3v) is 6.74. The van der Waals surface area contributed by atoms with Crippen LogP contribution in [-0.2, 0) is 16.3 Å². The lowest BCUT2D eigenvalue weighted by Gasteiger charge is -2.38. The summed E-state index contributed by atoms with van der Waals surface area (Å²) in [6.45, 7) is 1.94. The molecule has 144 valence electrons. The summed E-state index contributed by atoms with van der Waals surface area (Å²) in [5.41, 5.74) is 8.75. The van der Waals surface area contributed by atoms with Crippen LogP contribution in [0.1, 0.15) is 30.1 Å². The van der Waals surface area contributed by atoms with Crippen molar-refractivity contribution in [1.29, 1.82) is 0 Å². The molecule has 0 spiro atoms. The second-order valence-electron chi connectivity index (χ2n) is 7.65. The van der Waals surface area contributed by atoms with E-state index in [4.69, 9.17) is 10.5 Å². The molecule has 5 nitrogen and oxygen atoms in total. The van der Waals surface area contributed by atoms with E-state index in [9.17, 15) is 8.42 Å². The average Bonchev–Trinajstić information content (AvgIpc) is 3.00. The molecule has 1 saturated heterocycles. The predicted octanol–water partition coefficient (Wildman–Crippen LogP) is 2.56. The topological polar surface area (TPSA) is 72.6 Å². The first-order valence-corrected chi connectivity index (χ1v) is 11.3. The standard InChI is InChI=1S/C21H26N2O3S/c1-27(24,25)18-10-8-17(9-11-18)26-21-19-7-3-2-5-15(19)13-20(21)23-12-4-6-16(22)14-23/h2-3,5,7-11,16,20-21H,4,6,12-14,22H2,1H3/t16?,20-,21-/m0/s1. The van der Waals surface area contributed by atoms with Crippen molar-refractivity contribution in [2.45, 2.75) is 42.3 Å². The quantitative estimate of drug-likeness (QED) is 0.874. The molecule has 4 rings (SSSR count). The number of hydrogen-bond acceptors (Lipinski definition) is 5. The van der Waals surface area contributed by atoms with Crippen molar-refractivity contribution in [3.8, 4) is 5.75 Å². The molecule has 0 saturated carbocycles. The molecule has 2 aliphatic rings. The third kappa shape index (κ3) is 3.88. The van der Waals surface area contributed by atoms with Gasteiger partial charge in [-0.25, -0.2) is 8.42 Å². The van der Waals surface area contributed by atoms with E-state index in [0.717, 1.165) is 32.4 Å². The molecule has 1 fully saturated rings. The lowest BCUT2D eigenvalue weighted by atomic mass is 10.0. The number of rotatable bonds is 4. The number of ether oxygens (including phenoxy) is 1. The van der Waals surface area contributed by atoms with Gasteiger partial charge in [-0.3, -0.25) is 4.90 Å². The van der Waals surface area contributed by atoms with E-state index in [1.807, 2.05) is 6.07 Å². The molecule has 1 unspecified atom stereocenters. The van der Waals surface area contributed by atoms with E-state index in [0.29, 0.717) is 10.6 Å². The van der Waals surface area contributed by atoms with Crippen LogP contribution >= 0.6 is 0 Å². The van der Waals surface area contributed by atoms with E-state index in [1.54, 1.807) is 24.3 Å². The van der Waals surface area contributed by atoms with Crippen LogP contribution in [0.25, 0.3) is 0 Å². The zero-order valence-corrected chi connectivity index (χ0v) is 16.4. The Kier molecular flexibility index (Phi) is 4.97. The molecule has 1 aliphatic heterocycles. The number of nitrogens with two attached hydrogens (primary N) is 1. The van der Waals surface area contributed by atoms with Crippen LogP contribution in [-0.4, -0.2) is 44.7 Å². The van der Waals surface area contributed by atoms with Crippen LogP contribution in [0, 0.1) is 0 Å². The molecule has 2 aromatic rings. The number of nitrogens with zero attached hydrogens (tertiary/aromatic N) is 1. The minimum Gasteiger partial charge on any atom is -0.484 e. The predicted molar refractivity (Wildman–Crippen MR) is 106 cm³/mol. The second-order valence-corrected chi connectivity index (χ2v) is 9.67. The van der Waals surface area contributed by atoms with Crippen LogP contribution < -0.4 is 10.5 Å². The monoisotopic (exact) mass is 386 g/mol. The summed E-state index contributed by atoms with van der Waals surface area (Å²) < 4.78 is 29.8. The van der Waals surface area contributed by atoms with Crippen LogP contribution in [0.2, 0.25) is 0 Å². The first kappa shape index (κ1) is 18.5. The highest BCUT2D eigenvalue weighted by Crippen LogP contribution is 2.38. The van der Waals surface area contributed by atoms with Crippen molar-refractivity contribution >= 4 is 9.84 Å². The molecule has 2 aromatic carbocycles. The highest BCUT2D eigenvalue weighted by Gasteiger charge is 2.39. The molecule has 0 bridgehead atoms. The highest BCUT2D eigenvalue weighted by atomic mass is 32.2. The summed E-state index contributed by atoms with van der Waals surface area (Å²) in [6, 6.07) is 15.6. The smallest absolute Gasteiger partial charge is 0.175 e. The average molecular weight is 387 g/mol. The normalized spacial score (nSPS) is 25.9. The van der Waals surface area contributed by atoms with Gasteiger partial charge in [-0.05, 0) is 61.2 Å². The SMILES string of the molecule is CS(=O)(=O)c1ccc(O[C@H]2c3ccccc3C[C@@H]2N2CCCC(N)C2)cc1. The second kappa shape index (κ2) is 7.26. The van der Waals surface area contributed by atoms with Gasteiger partial charge in [0.25, 0.3) is 0 Å². The Morgan fingerprint density at radius 1 is 1.11 bits per heavy atom. The van der Waals surface area contributed by atoms with Gasteiger partial charge in [0.05, 0.1) is 10.9 Å². The van der Waals surface area contributed by atoms with Crippen LogP contribution in [0.5, 0.6) is 5.75 Å². The molecule has 1 heterocycles. The fourth-order valence-corrected chi connectivity index (χ4v) is 4.88.